The fourth-order valence-corrected chi connectivity index (χ4v) is 9.33. The normalized spacial score (nSPS) is 12.9. The van der Waals surface area contributed by atoms with Crippen molar-refractivity contribution in [2.24, 2.45) is 9.98 Å². The summed E-state index contributed by atoms with van der Waals surface area (Å²) in [5.41, 5.74) is 19.1. The Morgan fingerprint density at radius 1 is 0.631 bits per heavy atom. The monoisotopic (exact) mass is 838 g/mol. The van der Waals surface area contributed by atoms with Crippen molar-refractivity contribution < 1.29 is 0 Å². The van der Waals surface area contributed by atoms with Gasteiger partial charge in [0.2, 0.25) is 0 Å². The number of aromatic nitrogens is 2. The zero-order chi connectivity index (χ0) is 44.1. The molecule has 4 heteroatoms. The van der Waals surface area contributed by atoms with Crippen molar-refractivity contribution in [3.05, 3.63) is 240 Å². The van der Waals surface area contributed by atoms with Crippen LogP contribution in [-0.2, 0) is 13.0 Å². The molecule has 0 saturated carbocycles. The summed E-state index contributed by atoms with van der Waals surface area (Å²) >= 11 is 0. The Morgan fingerprint density at radius 2 is 1.29 bits per heavy atom. The zero-order valence-corrected chi connectivity index (χ0v) is 36.7. The van der Waals surface area contributed by atoms with E-state index < -0.39 is 0 Å². The Kier molecular flexibility index (Phi) is 11.6. The van der Waals surface area contributed by atoms with Crippen LogP contribution in [0.2, 0.25) is 0 Å². The first-order valence-electron chi connectivity index (χ1n) is 22.5. The average molecular weight is 839 g/mol. The number of fused-ring (bicyclic) bond motifs is 4. The lowest BCUT2D eigenvalue weighted by Crippen LogP contribution is -2.03. The quantitative estimate of drug-likeness (QED) is 0.104. The molecule has 9 aromatic rings. The maximum Gasteiger partial charge on any atom is 0.0716 e. The van der Waals surface area contributed by atoms with Crippen molar-refractivity contribution >= 4 is 58.2 Å². The lowest BCUT2D eigenvalue weighted by Gasteiger charge is -2.15. The summed E-state index contributed by atoms with van der Waals surface area (Å²) in [5, 5.41) is 2.49. The largest absolute Gasteiger partial charge is 0.313 e. The van der Waals surface area contributed by atoms with E-state index in [9.17, 15) is 0 Å². The second kappa shape index (κ2) is 18.3. The Bertz CT molecular complexity index is 3350. The third-order valence-electron chi connectivity index (χ3n) is 12.4. The first kappa shape index (κ1) is 41.0. The number of hydrogen-bond acceptors (Lipinski definition) is 2. The summed E-state index contributed by atoms with van der Waals surface area (Å²) in [6.07, 6.45) is 16.1. The Balaban J connectivity index is 1.02. The van der Waals surface area contributed by atoms with E-state index in [4.69, 9.17) is 4.99 Å². The van der Waals surface area contributed by atoms with Gasteiger partial charge in [0.05, 0.1) is 34.7 Å². The SMILES string of the molecule is C=Cc1c(/C=C\CC)c2ccccc2n1-c1cccc(-c2ccc3c4c(n(-c5cccc(-c6cccc(CN=C(/C=C(\N=C)c7ccccc7)c7ccccc7)c6)c5)c3c2)CCC=C4)c1. The van der Waals surface area contributed by atoms with E-state index in [1.807, 2.05) is 48.6 Å². The number of para-hydroxylation sites is 1. The molecule has 0 fully saturated rings. The molecule has 7 aromatic carbocycles. The van der Waals surface area contributed by atoms with Gasteiger partial charge >= 0.3 is 0 Å². The van der Waals surface area contributed by atoms with E-state index in [0.29, 0.717) is 6.54 Å². The molecule has 0 atom stereocenters. The van der Waals surface area contributed by atoms with Crippen molar-refractivity contribution in [3.63, 3.8) is 0 Å². The standard InChI is InChI=1S/C61H50N4/c1-4-6-30-52-53-31-13-15-33-59(53)64(58(52)5-2)50-28-19-27-48(39-50)49-35-36-55-54-32-14-16-34-60(54)65(61(55)40-49)51-29-18-26-47(38-51)46-25-17-20-43(37-46)42-63-57(45-23-11-8-12-24-45)41-56(62-3)44-21-9-7-10-22-44/h5-15,17-33,35-41H,2-4,16,34,42H2,1H3/b30-6-,56-41-,63-57?. The second-order valence-electron chi connectivity index (χ2n) is 16.5. The number of aliphatic imine (C=N–C) groups is 2. The van der Waals surface area contributed by atoms with E-state index in [-0.39, 0.29) is 0 Å². The number of rotatable bonds is 13. The van der Waals surface area contributed by atoms with Crippen molar-refractivity contribution in [1.82, 2.24) is 9.13 Å². The number of allylic oxidation sites excluding steroid dienone is 3. The summed E-state index contributed by atoms with van der Waals surface area (Å²) < 4.78 is 4.84. The van der Waals surface area contributed by atoms with Gasteiger partial charge in [-0.2, -0.15) is 0 Å². The summed E-state index contributed by atoms with van der Waals surface area (Å²) in [4.78, 5) is 9.56. The highest BCUT2D eigenvalue weighted by Gasteiger charge is 2.21. The van der Waals surface area contributed by atoms with E-state index in [0.717, 1.165) is 75.6 Å². The molecule has 0 amide bonds. The van der Waals surface area contributed by atoms with Gasteiger partial charge in [-0.25, -0.2) is 0 Å². The molecule has 314 valence electrons. The van der Waals surface area contributed by atoms with Crippen molar-refractivity contribution in [1.29, 1.82) is 0 Å². The average Bonchev–Trinajstić information content (AvgIpc) is 3.88. The minimum absolute atomic E-state index is 0.520. The maximum atomic E-state index is 5.18. The third kappa shape index (κ3) is 8.07. The van der Waals surface area contributed by atoms with Gasteiger partial charge in [-0.15, -0.1) is 0 Å². The summed E-state index contributed by atoms with van der Waals surface area (Å²) in [6.45, 7) is 10.8. The Labute approximate surface area is 381 Å². The van der Waals surface area contributed by atoms with Crippen LogP contribution in [0.1, 0.15) is 59.0 Å². The molecule has 2 aromatic heterocycles. The van der Waals surface area contributed by atoms with Gasteiger partial charge in [-0.3, -0.25) is 9.98 Å². The molecule has 1 aliphatic carbocycles. The smallest absolute Gasteiger partial charge is 0.0716 e. The molecule has 0 saturated heterocycles. The van der Waals surface area contributed by atoms with Crippen LogP contribution in [0.4, 0.5) is 0 Å². The van der Waals surface area contributed by atoms with Gasteiger partial charge in [-0.05, 0) is 114 Å². The number of benzene rings is 7. The predicted molar refractivity (Wildman–Crippen MR) is 278 cm³/mol. The fraction of sp³-hybridized carbons (Fsp3) is 0.0820. The molecule has 0 radical (unpaired) electrons. The van der Waals surface area contributed by atoms with E-state index in [1.165, 1.54) is 49.8 Å². The maximum absolute atomic E-state index is 5.18. The molecule has 0 spiro atoms. The summed E-state index contributed by atoms with van der Waals surface area (Å²) in [5.74, 6) is 0. The van der Waals surface area contributed by atoms with Crippen molar-refractivity contribution in [2.75, 3.05) is 0 Å². The highest BCUT2D eigenvalue weighted by Crippen LogP contribution is 2.39. The van der Waals surface area contributed by atoms with Crippen LogP contribution in [0.25, 0.3) is 79.4 Å². The molecule has 4 nitrogen and oxygen atoms in total. The van der Waals surface area contributed by atoms with Crippen molar-refractivity contribution in [3.8, 4) is 33.6 Å². The minimum atomic E-state index is 0.520. The van der Waals surface area contributed by atoms with E-state index in [1.54, 1.807) is 0 Å². The minimum Gasteiger partial charge on any atom is -0.313 e. The Hall–Kier alpha value is -8.08. The molecule has 0 N–H and O–H groups in total. The van der Waals surface area contributed by atoms with Gasteiger partial charge in [-0.1, -0.05) is 171 Å². The number of nitrogens with zero attached hydrogens (tertiary/aromatic N) is 4. The first-order chi connectivity index (χ1) is 32.1. The topological polar surface area (TPSA) is 34.6 Å². The van der Waals surface area contributed by atoms with Gasteiger partial charge < -0.3 is 9.13 Å². The highest BCUT2D eigenvalue weighted by atomic mass is 15.0. The van der Waals surface area contributed by atoms with Crippen LogP contribution in [0.3, 0.4) is 0 Å². The molecule has 0 bridgehead atoms. The van der Waals surface area contributed by atoms with Crippen LogP contribution < -0.4 is 0 Å². The van der Waals surface area contributed by atoms with Crippen LogP contribution in [0, 0.1) is 0 Å². The predicted octanol–water partition coefficient (Wildman–Crippen LogP) is 15.7. The lowest BCUT2D eigenvalue weighted by molar-refractivity contribution is 0.889. The van der Waals surface area contributed by atoms with Gasteiger partial charge in [0, 0.05) is 44.5 Å². The van der Waals surface area contributed by atoms with Crippen LogP contribution in [0.15, 0.2) is 211 Å². The molecular weight excluding hydrogens is 789 g/mol. The molecule has 65 heavy (non-hydrogen) atoms. The van der Waals surface area contributed by atoms with Gasteiger partial charge in [0.1, 0.15) is 0 Å². The molecule has 0 aliphatic heterocycles. The van der Waals surface area contributed by atoms with Crippen LogP contribution >= 0.6 is 0 Å². The van der Waals surface area contributed by atoms with E-state index >= 15 is 0 Å². The summed E-state index contributed by atoms with van der Waals surface area (Å²) in [7, 11) is 0. The van der Waals surface area contributed by atoms with Crippen LogP contribution in [-0.4, -0.2) is 21.6 Å². The first-order valence-corrected chi connectivity index (χ1v) is 22.5. The summed E-state index contributed by atoms with van der Waals surface area (Å²) in [6, 6.07) is 62.8. The molecule has 10 rings (SSSR count). The van der Waals surface area contributed by atoms with Gasteiger partial charge in [0.25, 0.3) is 0 Å². The van der Waals surface area contributed by atoms with Crippen LogP contribution in [0.5, 0.6) is 0 Å². The molecular formula is C61H50N4. The highest BCUT2D eigenvalue weighted by molar-refractivity contribution is 6.12. The van der Waals surface area contributed by atoms with Crippen molar-refractivity contribution in [2.45, 2.75) is 32.7 Å². The lowest BCUT2D eigenvalue weighted by atomic mass is 9.99. The zero-order valence-electron chi connectivity index (χ0n) is 36.7. The Morgan fingerprint density at radius 3 is 2.02 bits per heavy atom. The number of hydrogen-bond donors (Lipinski definition) is 0. The molecule has 1 aliphatic rings. The molecule has 0 unspecified atom stereocenters. The third-order valence-corrected chi connectivity index (χ3v) is 12.4. The molecule has 2 heterocycles. The fourth-order valence-electron chi connectivity index (χ4n) is 9.33. The second-order valence-corrected chi connectivity index (χ2v) is 16.5. The van der Waals surface area contributed by atoms with E-state index in [2.05, 4.69) is 198 Å². The van der Waals surface area contributed by atoms with Gasteiger partial charge in [0.15, 0.2) is 0 Å².